The number of carbonyl (C=O) groups is 3. The molecular weight excluding hydrogens is 574 g/mol. The number of aliphatic hydroxyl groups excluding tert-OH is 1. The number of hydrogen-bond acceptors (Lipinski definition) is 7. The monoisotopic (exact) mass is 617 g/mol. The quantitative estimate of drug-likeness (QED) is 0.341. The van der Waals surface area contributed by atoms with E-state index in [0.717, 1.165) is 0 Å². The molecule has 0 aliphatic carbocycles. The van der Waals surface area contributed by atoms with E-state index >= 15 is 0 Å². The van der Waals surface area contributed by atoms with Gasteiger partial charge in [0.25, 0.3) is 5.91 Å². The van der Waals surface area contributed by atoms with E-state index in [-0.39, 0.29) is 49.9 Å². The highest BCUT2D eigenvalue weighted by Gasteiger charge is 2.80. The summed E-state index contributed by atoms with van der Waals surface area (Å²) in [4.78, 5) is 48.3. The van der Waals surface area contributed by atoms with E-state index in [1.54, 1.807) is 65.5 Å². The van der Waals surface area contributed by atoms with Crippen molar-refractivity contribution < 1.29 is 33.7 Å². The summed E-state index contributed by atoms with van der Waals surface area (Å²) in [5, 5.41) is 10.1. The van der Waals surface area contributed by atoms with Crippen LogP contribution >= 0.6 is 0 Å². The number of likely N-dealkylation sites (tertiary alicyclic amines) is 1. The average Bonchev–Trinajstić information content (AvgIpc) is 3.55. The van der Waals surface area contributed by atoms with Gasteiger partial charge in [-0.2, -0.15) is 0 Å². The zero-order chi connectivity index (χ0) is 32.5. The lowest BCUT2D eigenvalue weighted by atomic mass is 9.62. The minimum Gasteiger partial charge on any atom is -0.497 e. The molecule has 1 N–H and O–H groups in total. The molecule has 2 aromatic rings. The number of nitrogens with zero attached hydrogens (tertiary/aromatic N) is 3. The Morgan fingerprint density at radius 1 is 1.02 bits per heavy atom. The van der Waals surface area contributed by atoms with Gasteiger partial charge in [0.15, 0.2) is 0 Å². The topological polar surface area (TPSA) is 109 Å². The lowest BCUT2D eigenvalue weighted by Gasteiger charge is -2.39. The third-order valence-corrected chi connectivity index (χ3v) is 9.65. The number of benzene rings is 2. The number of ether oxygens (including phenoxy) is 3. The molecule has 6 atom stereocenters. The van der Waals surface area contributed by atoms with Crippen LogP contribution in [0, 0.1) is 17.8 Å². The first-order valence-electron chi connectivity index (χ1n) is 15.4. The number of aliphatic hydroxyl groups is 1. The Morgan fingerprint density at radius 2 is 1.58 bits per heavy atom. The fourth-order valence-corrected chi connectivity index (χ4v) is 7.61. The first-order valence-corrected chi connectivity index (χ1v) is 15.4. The summed E-state index contributed by atoms with van der Waals surface area (Å²) in [7, 11) is 1.57. The molecule has 240 valence electrons. The molecule has 10 heteroatoms. The number of carbonyl (C=O) groups excluding carboxylic acids is 3. The van der Waals surface area contributed by atoms with E-state index in [1.165, 1.54) is 4.90 Å². The molecule has 2 bridgehead atoms. The molecule has 3 saturated heterocycles. The van der Waals surface area contributed by atoms with Crippen LogP contribution in [-0.4, -0.2) is 84.9 Å². The maximum atomic E-state index is 14.7. The van der Waals surface area contributed by atoms with Crippen molar-refractivity contribution in [1.82, 2.24) is 4.90 Å². The standard InChI is InChI=1S/C35H43N3O7/c1-7-18-36(24-12-16-27(17-13-24)44-9-3)31(40)28-29-32(41)38(20-21-39)30(35(29)22-23(4)34(28,5)45-35)33(42)37(19-8-2)25-10-14-26(43-6)15-11-25/h7-8,10-17,23,28-30,39H,1-2,9,18-22H2,3-6H3/t23?,28-,29+,30?,34+,35?/m1/s1. The van der Waals surface area contributed by atoms with E-state index in [4.69, 9.17) is 14.2 Å². The van der Waals surface area contributed by atoms with Gasteiger partial charge in [-0.25, -0.2) is 0 Å². The van der Waals surface area contributed by atoms with Gasteiger partial charge in [0, 0.05) is 31.0 Å². The summed E-state index contributed by atoms with van der Waals surface area (Å²) in [5.41, 5.74) is -1.03. The Balaban J connectivity index is 1.57. The zero-order valence-corrected chi connectivity index (χ0v) is 26.5. The molecule has 5 rings (SSSR count). The second-order valence-electron chi connectivity index (χ2n) is 12.1. The summed E-state index contributed by atoms with van der Waals surface area (Å²) in [6, 6.07) is 13.2. The predicted molar refractivity (Wildman–Crippen MR) is 171 cm³/mol. The van der Waals surface area contributed by atoms with Crippen molar-refractivity contribution in [3.05, 3.63) is 73.8 Å². The SMILES string of the molecule is C=CCN(C(=O)C1N(CCO)C(=O)[C@@H]2[C@H](C(=O)N(CC=C)c3ccc(OCC)cc3)[C@@]3(C)OC12CC3C)c1ccc(OC)cc1. The van der Waals surface area contributed by atoms with Crippen LogP contribution in [0.5, 0.6) is 11.5 Å². The summed E-state index contributed by atoms with van der Waals surface area (Å²) in [6.07, 6.45) is 3.68. The first-order chi connectivity index (χ1) is 21.6. The molecule has 1 spiro atoms. The normalized spacial score (nSPS) is 28.0. The van der Waals surface area contributed by atoms with Gasteiger partial charge in [-0.3, -0.25) is 14.4 Å². The Kier molecular flexibility index (Phi) is 9.09. The van der Waals surface area contributed by atoms with Gasteiger partial charge in [-0.1, -0.05) is 19.1 Å². The highest BCUT2D eigenvalue weighted by molar-refractivity contribution is 6.07. The number of hydrogen-bond donors (Lipinski definition) is 1. The summed E-state index contributed by atoms with van der Waals surface area (Å²) in [6.45, 7) is 14.0. The summed E-state index contributed by atoms with van der Waals surface area (Å²) in [5.74, 6) is -1.60. The highest BCUT2D eigenvalue weighted by Crippen LogP contribution is 2.65. The Hall–Kier alpha value is -4.15. The van der Waals surface area contributed by atoms with Gasteiger partial charge in [0.2, 0.25) is 11.8 Å². The summed E-state index contributed by atoms with van der Waals surface area (Å²) >= 11 is 0. The van der Waals surface area contributed by atoms with Gasteiger partial charge in [-0.15, -0.1) is 13.2 Å². The van der Waals surface area contributed by atoms with Crippen LogP contribution in [0.15, 0.2) is 73.8 Å². The minimum absolute atomic E-state index is 0.0668. The highest BCUT2D eigenvalue weighted by atomic mass is 16.5. The molecule has 3 unspecified atom stereocenters. The van der Waals surface area contributed by atoms with Crippen LogP contribution in [0.2, 0.25) is 0 Å². The number of amides is 3. The van der Waals surface area contributed by atoms with E-state index in [1.807, 2.05) is 32.9 Å². The van der Waals surface area contributed by atoms with E-state index < -0.39 is 29.1 Å². The van der Waals surface area contributed by atoms with Crippen molar-refractivity contribution in [3.63, 3.8) is 0 Å². The van der Waals surface area contributed by atoms with E-state index in [9.17, 15) is 19.5 Å². The molecule has 0 saturated carbocycles. The molecule has 3 aliphatic rings. The third-order valence-electron chi connectivity index (χ3n) is 9.65. The van der Waals surface area contributed by atoms with Gasteiger partial charge in [0.1, 0.15) is 23.1 Å². The second kappa shape index (κ2) is 12.7. The van der Waals surface area contributed by atoms with Crippen molar-refractivity contribution >= 4 is 29.1 Å². The van der Waals surface area contributed by atoms with Crippen LogP contribution in [0.1, 0.15) is 27.2 Å². The van der Waals surface area contributed by atoms with Gasteiger partial charge in [0.05, 0.1) is 37.8 Å². The molecule has 3 heterocycles. The molecule has 3 fully saturated rings. The Bertz CT molecular complexity index is 1440. The van der Waals surface area contributed by atoms with Crippen molar-refractivity contribution in [2.45, 2.75) is 44.4 Å². The van der Waals surface area contributed by atoms with Crippen molar-refractivity contribution in [2.24, 2.45) is 17.8 Å². The van der Waals surface area contributed by atoms with Gasteiger partial charge in [-0.05, 0) is 74.7 Å². The molecular formula is C35H43N3O7. The molecule has 0 aromatic heterocycles. The summed E-state index contributed by atoms with van der Waals surface area (Å²) < 4.78 is 17.8. The fraction of sp³-hybridized carbons (Fsp3) is 0.457. The molecule has 45 heavy (non-hydrogen) atoms. The van der Waals surface area contributed by atoms with Crippen molar-refractivity contribution in [2.75, 3.05) is 49.8 Å². The maximum absolute atomic E-state index is 14.7. The largest absolute Gasteiger partial charge is 0.497 e. The van der Waals surface area contributed by atoms with E-state index in [0.29, 0.717) is 35.9 Å². The number of fused-ring (bicyclic) bond motifs is 1. The second-order valence-corrected chi connectivity index (χ2v) is 12.1. The molecule has 3 amide bonds. The van der Waals surface area contributed by atoms with E-state index in [2.05, 4.69) is 13.2 Å². The first kappa shape index (κ1) is 32.2. The lowest BCUT2D eigenvalue weighted by molar-refractivity contribution is -0.146. The third kappa shape index (κ3) is 5.19. The zero-order valence-electron chi connectivity index (χ0n) is 26.5. The average molecular weight is 618 g/mol. The number of anilines is 2. The number of methoxy groups -OCH3 is 1. The minimum atomic E-state index is -1.26. The van der Waals surface area contributed by atoms with Gasteiger partial charge < -0.3 is 34.0 Å². The molecule has 3 aliphatic heterocycles. The van der Waals surface area contributed by atoms with Crippen LogP contribution < -0.4 is 19.3 Å². The molecule has 10 nitrogen and oxygen atoms in total. The van der Waals surface area contributed by atoms with Gasteiger partial charge >= 0.3 is 0 Å². The number of β-amino-alcohol motifs (C(OH)–C–C–N with tert-alkyl or cyclic N) is 1. The number of rotatable bonds is 13. The Labute approximate surface area is 264 Å². The smallest absolute Gasteiger partial charge is 0.253 e. The van der Waals surface area contributed by atoms with Crippen LogP contribution in [-0.2, 0) is 19.1 Å². The van der Waals surface area contributed by atoms with Crippen molar-refractivity contribution in [1.29, 1.82) is 0 Å². The maximum Gasteiger partial charge on any atom is 0.253 e. The predicted octanol–water partition coefficient (Wildman–Crippen LogP) is 3.84. The lowest BCUT2D eigenvalue weighted by Crippen LogP contribution is -2.57. The van der Waals surface area contributed by atoms with Crippen LogP contribution in [0.4, 0.5) is 11.4 Å². The molecule has 0 radical (unpaired) electrons. The van der Waals surface area contributed by atoms with Crippen LogP contribution in [0.25, 0.3) is 0 Å². The van der Waals surface area contributed by atoms with Crippen molar-refractivity contribution in [3.8, 4) is 11.5 Å². The Morgan fingerprint density at radius 3 is 2.09 bits per heavy atom. The fourth-order valence-electron chi connectivity index (χ4n) is 7.61. The molecule has 2 aromatic carbocycles. The van der Waals surface area contributed by atoms with Crippen LogP contribution in [0.3, 0.4) is 0 Å².